The lowest BCUT2D eigenvalue weighted by Crippen LogP contribution is -2.35. The third-order valence-electron chi connectivity index (χ3n) is 3.07. The molecular formula is C16H14N4O3. The summed E-state index contributed by atoms with van der Waals surface area (Å²) in [6.45, 7) is 0. The van der Waals surface area contributed by atoms with Crippen molar-refractivity contribution in [1.82, 2.24) is 0 Å². The van der Waals surface area contributed by atoms with E-state index >= 15 is 0 Å². The highest BCUT2D eigenvalue weighted by Crippen LogP contribution is 2.20. The molecule has 0 heterocycles. The molecule has 23 heavy (non-hydrogen) atoms. The minimum absolute atomic E-state index is 0.00515. The van der Waals surface area contributed by atoms with Crippen molar-refractivity contribution in [1.29, 1.82) is 0 Å². The van der Waals surface area contributed by atoms with Gasteiger partial charge in [-0.1, -0.05) is 53.6 Å². The second kappa shape index (κ2) is 7.74. The van der Waals surface area contributed by atoms with E-state index in [-0.39, 0.29) is 17.7 Å². The zero-order chi connectivity index (χ0) is 16.7. The summed E-state index contributed by atoms with van der Waals surface area (Å²) in [4.78, 5) is 26.6. The molecule has 0 saturated carbocycles. The summed E-state index contributed by atoms with van der Waals surface area (Å²) in [5.41, 5.74) is 15.2. The maximum Gasteiger partial charge on any atom is 0.346 e. The van der Waals surface area contributed by atoms with Crippen LogP contribution < -0.4 is 5.73 Å². The van der Waals surface area contributed by atoms with Crippen molar-refractivity contribution in [3.8, 4) is 0 Å². The Morgan fingerprint density at radius 2 is 1.78 bits per heavy atom. The Kier molecular flexibility index (Phi) is 5.46. The van der Waals surface area contributed by atoms with Crippen LogP contribution in [0.3, 0.4) is 0 Å². The van der Waals surface area contributed by atoms with Gasteiger partial charge in [-0.2, -0.15) is 0 Å². The molecule has 0 amide bonds. The smallest absolute Gasteiger partial charge is 0.346 e. The van der Waals surface area contributed by atoms with E-state index in [1.165, 1.54) is 12.1 Å². The first-order chi connectivity index (χ1) is 11.1. The molecular weight excluding hydrogens is 296 g/mol. The van der Waals surface area contributed by atoms with E-state index < -0.39 is 18.0 Å². The molecule has 7 nitrogen and oxygen atoms in total. The fourth-order valence-electron chi connectivity index (χ4n) is 1.96. The molecule has 1 atom stereocenters. The van der Waals surface area contributed by atoms with Gasteiger partial charge in [0.05, 0.1) is 11.3 Å². The van der Waals surface area contributed by atoms with Crippen molar-refractivity contribution in [2.24, 2.45) is 10.8 Å². The molecule has 0 radical (unpaired) electrons. The predicted molar refractivity (Wildman–Crippen MR) is 83.8 cm³/mol. The quantitative estimate of drug-likeness (QED) is 0.300. The fraction of sp³-hybridized carbons (Fsp3) is 0.125. The van der Waals surface area contributed by atoms with Gasteiger partial charge in [0.2, 0.25) is 0 Å². The Hall–Kier alpha value is -3.15. The van der Waals surface area contributed by atoms with Gasteiger partial charge in [-0.3, -0.25) is 0 Å². The number of esters is 2. The van der Waals surface area contributed by atoms with Gasteiger partial charge in [-0.05, 0) is 23.6 Å². The molecule has 2 N–H and O–H groups in total. The van der Waals surface area contributed by atoms with Crippen LogP contribution in [0.15, 0.2) is 59.7 Å². The van der Waals surface area contributed by atoms with Crippen LogP contribution in [0.1, 0.15) is 15.9 Å². The number of nitrogens with zero attached hydrogens (tertiary/aromatic N) is 3. The zero-order valence-corrected chi connectivity index (χ0v) is 12.1. The highest BCUT2D eigenvalue weighted by molar-refractivity contribution is 6.01. The molecule has 2 rings (SSSR count). The molecule has 0 unspecified atom stereocenters. The fourth-order valence-corrected chi connectivity index (χ4v) is 1.96. The van der Waals surface area contributed by atoms with Crippen LogP contribution in [0.25, 0.3) is 10.4 Å². The molecule has 2 aromatic rings. The van der Waals surface area contributed by atoms with Crippen LogP contribution in [0.4, 0.5) is 5.69 Å². The molecule has 0 fully saturated rings. The molecule has 0 aliphatic carbocycles. The van der Waals surface area contributed by atoms with E-state index in [1.54, 1.807) is 12.1 Å². The van der Waals surface area contributed by atoms with E-state index in [9.17, 15) is 9.59 Å². The monoisotopic (exact) mass is 310 g/mol. The number of carbonyl (C=O) groups excluding carboxylic acids is 2. The number of hydrogen-bond acceptors (Lipinski definition) is 5. The molecule has 0 aromatic heterocycles. The van der Waals surface area contributed by atoms with Crippen LogP contribution in [-0.2, 0) is 16.0 Å². The molecule has 0 bridgehead atoms. The minimum Gasteiger partial charge on any atom is -0.388 e. The first-order valence-corrected chi connectivity index (χ1v) is 6.81. The number of hydrogen-bond donors (Lipinski definition) is 1. The van der Waals surface area contributed by atoms with E-state index in [2.05, 4.69) is 10.0 Å². The molecule has 7 heteroatoms. The van der Waals surface area contributed by atoms with Crippen molar-refractivity contribution in [2.45, 2.75) is 12.5 Å². The number of ether oxygens (including phenoxy) is 1. The van der Waals surface area contributed by atoms with E-state index in [4.69, 9.17) is 16.0 Å². The van der Waals surface area contributed by atoms with Gasteiger partial charge in [0, 0.05) is 4.91 Å². The summed E-state index contributed by atoms with van der Waals surface area (Å²) >= 11 is 0. The number of carbonyl (C=O) groups is 2. The second-order valence-electron chi connectivity index (χ2n) is 4.71. The molecule has 0 saturated heterocycles. The van der Waals surface area contributed by atoms with Crippen molar-refractivity contribution >= 4 is 17.6 Å². The third kappa shape index (κ3) is 4.41. The van der Waals surface area contributed by atoms with Crippen LogP contribution in [0.2, 0.25) is 0 Å². The highest BCUT2D eigenvalue weighted by atomic mass is 16.6. The van der Waals surface area contributed by atoms with Gasteiger partial charge in [0.25, 0.3) is 0 Å². The molecule has 0 aliphatic rings. The normalized spacial score (nSPS) is 11.2. The Bertz CT molecular complexity index is 755. The Balaban J connectivity index is 2.05. The standard InChI is InChI=1S/C16H14N4O3/c17-13(10-11-6-2-1-3-7-11)16(22)23-15(21)12-8-4-5-9-14(12)19-20-18/h1-9,13H,10,17H2/t13-/m0/s1. The minimum atomic E-state index is -0.965. The Labute approximate surface area is 132 Å². The van der Waals surface area contributed by atoms with E-state index in [0.717, 1.165) is 5.56 Å². The number of azide groups is 1. The van der Waals surface area contributed by atoms with E-state index in [0.29, 0.717) is 0 Å². The predicted octanol–water partition coefficient (Wildman–Crippen LogP) is 2.88. The van der Waals surface area contributed by atoms with Crippen molar-refractivity contribution in [3.05, 3.63) is 76.2 Å². The molecule has 0 aliphatic heterocycles. The first kappa shape index (κ1) is 16.2. The van der Waals surface area contributed by atoms with Crippen LogP contribution in [0, 0.1) is 0 Å². The topological polar surface area (TPSA) is 118 Å². The van der Waals surface area contributed by atoms with Gasteiger partial charge in [0.1, 0.15) is 6.04 Å². The van der Waals surface area contributed by atoms with Gasteiger partial charge >= 0.3 is 11.9 Å². The van der Waals surface area contributed by atoms with Crippen LogP contribution in [-0.4, -0.2) is 18.0 Å². The largest absolute Gasteiger partial charge is 0.388 e. The average molecular weight is 310 g/mol. The summed E-state index contributed by atoms with van der Waals surface area (Å²) in [5, 5.41) is 3.38. The summed E-state index contributed by atoms with van der Waals surface area (Å²) in [5.74, 6) is -1.74. The van der Waals surface area contributed by atoms with Crippen molar-refractivity contribution in [2.75, 3.05) is 0 Å². The number of rotatable bonds is 5. The van der Waals surface area contributed by atoms with Crippen LogP contribution in [0.5, 0.6) is 0 Å². The lowest BCUT2D eigenvalue weighted by atomic mass is 10.1. The second-order valence-corrected chi connectivity index (χ2v) is 4.71. The molecule has 2 aromatic carbocycles. The Morgan fingerprint density at radius 3 is 2.48 bits per heavy atom. The van der Waals surface area contributed by atoms with Gasteiger partial charge in [-0.15, -0.1) is 0 Å². The van der Waals surface area contributed by atoms with Crippen LogP contribution >= 0.6 is 0 Å². The van der Waals surface area contributed by atoms with Crippen molar-refractivity contribution in [3.63, 3.8) is 0 Å². The summed E-state index contributed by atoms with van der Waals surface area (Å²) in [6, 6.07) is 14.2. The number of benzene rings is 2. The third-order valence-corrected chi connectivity index (χ3v) is 3.07. The maximum atomic E-state index is 12.0. The number of nitrogens with two attached hydrogens (primary N) is 1. The Morgan fingerprint density at radius 1 is 1.13 bits per heavy atom. The summed E-state index contributed by atoms with van der Waals surface area (Å²) < 4.78 is 4.77. The van der Waals surface area contributed by atoms with E-state index in [1.807, 2.05) is 30.3 Å². The van der Waals surface area contributed by atoms with Gasteiger partial charge in [-0.25, -0.2) is 9.59 Å². The SMILES string of the molecule is [N-]=[N+]=Nc1ccccc1C(=O)OC(=O)[C@@H](N)Cc1ccccc1. The average Bonchev–Trinajstić information content (AvgIpc) is 2.56. The van der Waals surface area contributed by atoms with Gasteiger partial charge in [0.15, 0.2) is 0 Å². The molecule has 116 valence electrons. The summed E-state index contributed by atoms with van der Waals surface area (Å²) in [7, 11) is 0. The lowest BCUT2D eigenvalue weighted by Gasteiger charge is -2.11. The molecule has 0 spiro atoms. The van der Waals surface area contributed by atoms with Gasteiger partial charge < -0.3 is 10.5 Å². The van der Waals surface area contributed by atoms with Crippen molar-refractivity contribution < 1.29 is 14.3 Å². The first-order valence-electron chi connectivity index (χ1n) is 6.81. The summed E-state index contributed by atoms with van der Waals surface area (Å²) in [6.07, 6.45) is 0.255. The zero-order valence-electron chi connectivity index (χ0n) is 12.1. The maximum absolute atomic E-state index is 12.0. The lowest BCUT2D eigenvalue weighted by molar-refractivity contribution is -0.139. The highest BCUT2D eigenvalue weighted by Gasteiger charge is 2.21.